The molecular formula is C31H28P2S2. The highest BCUT2D eigenvalue weighted by atomic mass is 32.4. The Morgan fingerprint density at radius 1 is 0.543 bits per heavy atom. The lowest BCUT2D eigenvalue weighted by atomic mass is 10.2. The Balaban J connectivity index is 1.79. The number of hydrogen-bond donors (Lipinski definition) is 0. The van der Waals surface area contributed by atoms with Crippen molar-refractivity contribution in [1.29, 1.82) is 0 Å². The van der Waals surface area contributed by atoms with Crippen LogP contribution in [0.4, 0.5) is 0 Å². The molecule has 1 unspecified atom stereocenters. The van der Waals surface area contributed by atoms with Gasteiger partial charge in [-0.15, -0.1) is 0 Å². The quantitative estimate of drug-likeness (QED) is 0.266. The molecule has 4 heteroatoms. The van der Waals surface area contributed by atoms with Crippen LogP contribution >= 0.6 is 12.1 Å². The number of benzene rings is 4. The van der Waals surface area contributed by atoms with E-state index in [0.717, 1.165) is 12.8 Å². The highest BCUT2D eigenvalue weighted by Gasteiger charge is 2.30. The van der Waals surface area contributed by atoms with Gasteiger partial charge in [0.05, 0.1) is 0 Å². The predicted octanol–water partition coefficient (Wildman–Crippen LogP) is 6.42. The SMILES string of the molecule is Cc1cc(P(=S)(C2=CCCC=C2)c2ccccc2)cc(P(=S)(c2ccccc2)c2ccccc2)c1. The summed E-state index contributed by atoms with van der Waals surface area (Å²) in [5, 5.41) is 7.38. The second-order valence-electron chi connectivity index (χ2n) is 8.86. The van der Waals surface area contributed by atoms with Crippen LogP contribution in [0.1, 0.15) is 18.4 Å². The average molecular weight is 527 g/mol. The first-order valence-electron chi connectivity index (χ1n) is 11.9. The molecule has 0 radical (unpaired) electrons. The standard InChI is InChI=1S/C31H28P2S2/c1-25-22-30(32(34,26-14-6-2-7-15-26)27-16-8-3-9-17-27)24-31(23-25)33(35,28-18-10-4-11-19-28)29-20-12-5-13-21-29/h2-4,6-12,14-24H,5,13H2,1H3. The van der Waals surface area contributed by atoms with Gasteiger partial charge in [-0.05, 0) is 63.2 Å². The van der Waals surface area contributed by atoms with Crippen LogP contribution in [-0.4, -0.2) is 0 Å². The first-order chi connectivity index (χ1) is 17.0. The van der Waals surface area contributed by atoms with E-state index in [1.807, 2.05) is 0 Å². The molecule has 4 aromatic rings. The molecule has 0 aromatic heterocycles. The van der Waals surface area contributed by atoms with Crippen LogP contribution in [-0.2, 0) is 23.6 Å². The highest BCUT2D eigenvalue weighted by molar-refractivity contribution is 8.26. The first-order valence-corrected chi connectivity index (χ1v) is 17.5. The molecule has 0 heterocycles. The Morgan fingerprint density at radius 3 is 1.46 bits per heavy atom. The van der Waals surface area contributed by atoms with Gasteiger partial charge in [-0.3, -0.25) is 0 Å². The van der Waals surface area contributed by atoms with Gasteiger partial charge in [-0.2, -0.15) is 0 Å². The molecule has 174 valence electrons. The third-order valence-corrected chi connectivity index (χ3v) is 16.4. The molecule has 1 aliphatic rings. The normalized spacial score (nSPS) is 15.3. The number of rotatable bonds is 6. The fraction of sp³-hybridized carbons (Fsp3) is 0.0968. The Morgan fingerprint density at radius 2 is 1.00 bits per heavy atom. The van der Waals surface area contributed by atoms with Crippen molar-refractivity contribution < 1.29 is 0 Å². The van der Waals surface area contributed by atoms with E-state index in [4.69, 9.17) is 23.6 Å². The van der Waals surface area contributed by atoms with E-state index in [0.29, 0.717) is 0 Å². The van der Waals surface area contributed by atoms with Gasteiger partial charge in [0.25, 0.3) is 0 Å². The smallest absolute Gasteiger partial charge is 0.0379 e. The minimum absolute atomic E-state index is 1.04. The summed E-state index contributed by atoms with van der Waals surface area (Å²) in [7, 11) is 0. The molecular weight excluding hydrogens is 498 g/mol. The molecule has 0 saturated heterocycles. The van der Waals surface area contributed by atoms with Crippen LogP contribution in [0.2, 0.25) is 0 Å². The molecule has 5 rings (SSSR count). The summed E-state index contributed by atoms with van der Waals surface area (Å²) >= 11 is 13.4. The summed E-state index contributed by atoms with van der Waals surface area (Å²) in [6.07, 6.45) is 9.02. The molecule has 35 heavy (non-hydrogen) atoms. The van der Waals surface area contributed by atoms with Gasteiger partial charge in [-0.25, -0.2) is 0 Å². The number of hydrogen-bond acceptors (Lipinski definition) is 2. The van der Waals surface area contributed by atoms with Gasteiger partial charge in [0.1, 0.15) is 0 Å². The van der Waals surface area contributed by atoms with Crippen LogP contribution in [0.25, 0.3) is 0 Å². The second-order valence-corrected chi connectivity index (χ2v) is 17.7. The maximum absolute atomic E-state index is 6.70. The van der Waals surface area contributed by atoms with Crippen LogP contribution in [0.15, 0.2) is 133 Å². The van der Waals surface area contributed by atoms with Crippen molar-refractivity contribution in [1.82, 2.24) is 0 Å². The molecule has 0 bridgehead atoms. The average Bonchev–Trinajstić information content (AvgIpc) is 2.93. The maximum Gasteiger partial charge on any atom is 0.0379 e. The summed E-state index contributed by atoms with van der Waals surface area (Å²) in [6.45, 7) is 2.18. The zero-order valence-corrected chi connectivity index (χ0v) is 23.2. The Bertz CT molecular complexity index is 1440. The molecule has 4 aromatic carbocycles. The van der Waals surface area contributed by atoms with Crippen LogP contribution in [0.3, 0.4) is 0 Å². The zero-order chi connectivity index (χ0) is 24.3. The lowest BCUT2D eigenvalue weighted by Gasteiger charge is -2.30. The van der Waals surface area contributed by atoms with Crippen LogP contribution < -0.4 is 26.5 Å². The van der Waals surface area contributed by atoms with Crippen molar-refractivity contribution in [2.24, 2.45) is 0 Å². The first kappa shape index (κ1) is 24.4. The van der Waals surface area contributed by atoms with Crippen molar-refractivity contribution in [3.05, 3.63) is 138 Å². The zero-order valence-electron chi connectivity index (χ0n) is 19.7. The lowest BCUT2D eigenvalue weighted by Crippen LogP contribution is -2.28. The number of allylic oxidation sites excluding steroid dienone is 4. The Labute approximate surface area is 219 Å². The van der Waals surface area contributed by atoms with E-state index >= 15 is 0 Å². The van der Waals surface area contributed by atoms with Crippen molar-refractivity contribution >= 4 is 62.2 Å². The topological polar surface area (TPSA) is 0 Å². The van der Waals surface area contributed by atoms with Crippen molar-refractivity contribution in [3.8, 4) is 0 Å². The minimum atomic E-state index is -2.26. The van der Waals surface area contributed by atoms with Gasteiger partial charge in [0.2, 0.25) is 0 Å². The third-order valence-electron chi connectivity index (χ3n) is 6.47. The third kappa shape index (κ3) is 4.62. The minimum Gasteiger partial charge on any atom is -0.0836 e. The van der Waals surface area contributed by atoms with Gasteiger partial charge in [-0.1, -0.05) is 145 Å². The summed E-state index contributed by atoms with van der Waals surface area (Å²) in [5.74, 6) is 0. The highest BCUT2D eigenvalue weighted by Crippen LogP contribution is 2.54. The molecule has 1 atom stereocenters. The molecule has 0 aliphatic heterocycles. The molecule has 0 nitrogen and oxygen atoms in total. The largest absolute Gasteiger partial charge is 0.0836 e. The summed E-state index contributed by atoms with van der Waals surface area (Å²) < 4.78 is 0. The predicted molar refractivity (Wildman–Crippen MR) is 164 cm³/mol. The molecule has 0 fully saturated rings. The molecule has 0 N–H and O–H groups in total. The maximum atomic E-state index is 6.70. The monoisotopic (exact) mass is 526 g/mol. The second kappa shape index (κ2) is 10.3. The molecule has 1 aliphatic carbocycles. The summed E-state index contributed by atoms with van der Waals surface area (Å²) in [4.78, 5) is 0. The van der Waals surface area contributed by atoms with E-state index in [1.54, 1.807) is 0 Å². The lowest BCUT2D eigenvalue weighted by molar-refractivity contribution is 1.03. The van der Waals surface area contributed by atoms with Gasteiger partial charge in [0.15, 0.2) is 0 Å². The van der Waals surface area contributed by atoms with E-state index in [9.17, 15) is 0 Å². The van der Waals surface area contributed by atoms with Gasteiger partial charge >= 0.3 is 0 Å². The van der Waals surface area contributed by atoms with Crippen molar-refractivity contribution in [2.45, 2.75) is 19.8 Å². The number of aryl methyl sites for hydroxylation is 1. The van der Waals surface area contributed by atoms with E-state index in [-0.39, 0.29) is 0 Å². The van der Waals surface area contributed by atoms with Gasteiger partial charge < -0.3 is 0 Å². The Kier molecular flexibility index (Phi) is 7.19. The van der Waals surface area contributed by atoms with E-state index in [1.165, 1.54) is 37.4 Å². The summed E-state index contributed by atoms with van der Waals surface area (Å²) in [5.41, 5.74) is 1.21. The Hall–Kier alpha value is -2.34. The molecule has 0 amide bonds. The van der Waals surface area contributed by atoms with Gasteiger partial charge in [0, 0.05) is 12.1 Å². The van der Waals surface area contributed by atoms with Crippen LogP contribution in [0, 0.1) is 6.92 Å². The van der Waals surface area contributed by atoms with Crippen molar-refractivity contribution in [2.75, 3.05) is 0 Å². The van der Waals surface area contributed by atoms with E-state index in [2.05, 4.69) is 134 Å². The molecule has 0 saturated carbocycles. The summed E-state index contributed by atoms with van der Waals surface area (Å²) in [6, 6.07) is 34.4. The molecule has 0 spiro atoms. The fourth-order valence-corrected chi connectivity index (χ4v) is 12.7. The van der Waals surface area contributed by atoms with E-state index < -0.39 is 12.1 Å². The fourth-order valence-electron chi connectivity index (χ4n) is 4.75. The van der Waals surface area contributed by atoms with Crippen molar-refractivity contribution in [3.63, 3.8) is 0 Å². The van der Waals surface area contributed by atoms with Crippen LogP contribution in [0.5, 0.6) is 0 Å².